The summed E-state index contributed by atoms with van der Waals surface area (Å²) in [6.07, 6.45) is 1.72. The van der Waals surface area contributed by atoms with Gasteiger partial charge < -0.3 is 10.5 Å². The zero-order valence-corrected chi connectivity index (χ0v) is 13.6. The van der Waals surface area contributed by atoms with Crippen LogP contribution in [0.15, 0.2) is 46.9 Å². The minimum atomic E-state index is 0.143. The fourth-order valence-corrected chi connectivity index (χ4v) is 2.48. The molecule has 1 unspecified atom stereocenters. The second-order valence-corrected chi connectivity index (χ2v) is 6.01. The predicted molar refractivity (Wildman–Crippen MR) is 87.6 cm³/mol. The van der Waals surface area contributed by atoms with Crippen LogP contribution in [-0.2, 0) is 6.42 Å². The van der Waals surface area contributed by atoms with Crippen molar-refractivity contribution in [2.45, 2.75) is 25.8 Å². The molecule has 0 amide bonds. The van der Waals surface area contributed by atoms with E-state index in [1.807, 2.05) is 42.5 Å². The highest BCUT2D eigenvalue weighted by Gasteiger charge is 2.07. The molecule has 0 aliphatic carbocycles. The van der Waals surface area contributed by atoms with Crippen LogP contribution in [0.1, 0.15) is 18.9 Å². The molecular weight excluding hydrogens is 338 g/mol. The monoisotopic (exact) mass is 353 g/mol. The van der Waals surface area contributed by atoms with Gasteiger partial charge >= 0.3 is 0 Å². The van der Waals surface area contributed by atoms with Crippen molar-refractivity contribution < 1.29 is 4.74 Å². The lowest BCUT2D eigenvalue weighted by atomic mass is 10.0. The molecule has 0 saturated carbocycles. The molecule has 0 aliphatic rings. The van der Waals surface area contributed by atoms with Crippen LogP contribution in [0.4, 0.5) is 0 Å². The van der Waals surface area contributed by atoms with E-state index in [4.69, 9.17) is 22.1 Å². The van der Waals surface area contributed by atoms with Crippen molar-refractivity contribution in [1.82, 2.24) is 0 Å². The van der Waals surface area contributed by atoms with Crippen molar-refractivity contribution in [3.05, 3.63) is 57.5 Å². The lowest BCUT2D eigenvalue weighted by Gasteiger charge is -2.12. The van der Waals surface area contributed by atoms with Gasteiger partial charge in [0.1, 0.15) is 11.5 Å². The Bertz CT molecular complexity index is 588. The molecule has 0 radical (unpaired) electrons. The molecule has 4 heteroatoms. The van der Waals surface area contributed by atoms with Gasteiger partial charge in [0.05, 0.1) is 0 Å². The Balaban J connectivity index is 2.13. The number of nitrogens with two attached hydrogens (primary N) is 1. The first-order valence-electron chi connectivity index (χ1n) is 6.56. The second kappa shape index (κ2) is 7.11. The van der Waals surface area contributed by atoms with Gasteiger partial charge in [0.2, 0.25) is 0 Å². The van der Waals surface area contributed by atoms with Crippen molar-refractivity contribution in [2.75, 3.05) is 0 Å². The normalized spacial score (nSPS) is 12.2. The van der Waals surface area contributed by atoms with Crippen LogP contribution in [0, 0.1) is 0 Å². The van der Waals surface area contributed by atoms with Crippen molar-refractivity contribution >= 4 is 27.5 Å². The highest BCUT2D eigenvalue weighted by Crippen LogP contribution is 2.28. The van der Waals surface area contributed by atoms with Gasteiger partial charge in [0.15, 0.2) is 0 Å². The van der Waals surface area contributed by atoms with E-state index in [1.54, 1.807) is 0 Å². The van der Waals surface area contributed by atoms with E-state index >= 15 is 0 Å². The van der Waals surface area contributed by atoms with Crippen LogP contribution in [0.3, 0.4) is 0 Å². The molecule has 0 aromatic heterocycles. The molecule has 2 aromatic carbocycles. The Labute approximate surface area is 133 Å². The summed E-state index contributed by atoms with van der Waals surface area (Å²) in [6.45, 7) is 2.07. The lowest BCUT2D eigenvalue weighted by Crippen LogP contribution is -2.21. The lowest BCUT2D eigenvalue weighted by molar-refractivity contribution is 0.482. The topological polar surface area (TPSA) is 35.2 Å². The summed E-state index contributed by atoms with van der Waals surface area (Å²) in [5.74, 6) is 1.50. The Morgan fingerprint density at radius 1 is 1.20 bits per heavy atom. The molecule has 0 heterocycles. The number of hydrogen-bond donors (Lipinski definition) is 1. The van der Waals surface area contributed by atoms with Crippen LogP contribution in [0.2, 0.25) is 5.02 Å². The number of hydrogen-bond acceptors (Lipinski definition) is 2. The van der Waals surface area contributed by atoms with Crippen LogP contribution >= 0.6 is 27.5 Å². The molecule has 0 saturated heterocycles. The summed E-state index contributed by atoms with van der Waals surface area (Å²) in [5, 5.41) is 0.696. The van der Waals surface area contributed by atoms with Gasteiger partial charge in [-0.2, -0.15) is 0 Å². The van der Waals surface area contributed by atoms with Gasteiger partial charge in [-0.15, -0.1) is 0 Å². The van der Waals surface area contributed by atoms with Crippen LogP contribution < -0.4 is 10.5 Å². The fraction of sp³-hybridized carbons (Fsp3) is 0.250. The average Bonchev–Trinajstić information content (AvgIpc) is 2.41. The van der Waals surface area contributed by atoms with Gasteiger partial charge in [-0.25, -0.2) is 0 Å². The molecule has 2 aromatic rings. The third-order valence-corrected chi connectivity index (χ3v) is 3.91. The van der Waals surface area contributed by atoms with Crippen LogP contribution in [-0.4, -0.2) is 6.04 Å². The molecule has 106 valence electrons. The number of rotatable bonds is 5. The molecule has 1 atom stereocenters. The molecule has 0 spiro atoms. The first-order chi connectivity index (χ1) is 9.58. The van der Waals surface area contributed by atoms with E-state index in [0.29, 0.717) is 5.02 Å². The van der Waals surface area contributed by atoms with Gasteiger partial charge in [0, 0.05) is 15.5 Å². The number of benzene rings is 2. The van der Waals surface area contributed by atoms with Crippen molar-refractivity contribution in [3.63, 3.8) is 0 Å². The minimum absolute atomic E-state index is 0.143. The average molecular weight is 355 g/mol. The largest absolute Gasteiger partial charge is 0.457 e. The summed E-state index contributed by atoms with van der Waals surface area (Å²) in [7, 11) is 0. The SMILES string of the molecule is CCC(N)Cc1ccc(Oc2cccc(Br)c2)cc1Cl. The van der Waals surface area contributed by atoms with E-state index in [1.165, 1.54) is 0 Å². The molecular formula is C16H17BrClNO. The summed E-state index contributed by atoms with van der Waals surface area (Å²) < 4.78 is 6.76. The van der Waals surface area contributed by atoms with Crippen molar-refractivity contribution in [2.24, 2.45) is 5.73 Å². The van der Waals surface area contributed by atoms with Crippen LogP contribution in [0.25, 0.3) is 0 Å². The maximum absolute atomic E-state index is 6.28. The van der Waals surface area contributed by atoms with Gasteiger partial charge in [-0.3, -0.25) is 0 Å². The Hall–Kier alpha value is -1.03. The van der Waals surface area contributed by atoms with Gasteiger partial charge in [0.25, 0.3) is 0 Å². The first kappa shape index (κ1) is 15.4. The van der Waals surface area contributed by atoms with E-state index in [2.05, 4.69) is 22.9 Å². The van der Waals surface area contributed by atoms with Gasteiger partial charge in [-0.05, 0) is 48.7 Å². The van der Waals surface area contributed by atoms with E-state index in [-0.39, 0.29) is 6.04 Å². The maximum Gasteiger partial charge on any atom is 0.128 e. The molecule has 2 rings (SSSR count). The third-order valence-electron chi connectivity index (χ3n) is 3.06. The predicted octanol–water partition coefficient (Wildman–Crippen LogP) is 5.17. The summed E-state index contributed by atoms with van der Waals surface area (Å²) in [4.78, 5) is 0. The Morgan fingerprint density at radius 2 is 1.95 bits per heavy atom. The zero-order chi connectivity index (χ0) is 14.5. The van der Waals surface area contributed by atoms with E-state index in [0.717, 1.165) is 34.4 Å². The smallest absolute Gasteiger partial charge is 0.128 e. The highest BCUT2D eigenvalue weighted by molar-refractivity contribution is 9.10. The fourth-order valence-electron chi connectivity index (χ4n) is 1.85. The number of ether oxygens (including phenoxy) is 1. The van der Waals surface area contributed by atoms with Crippen LogP contribution in [0.5, 0.6) is 11.5 Å². The quantitative estimate of drug-likeness (QED) is 0.803. The van der Waals surface area contributed by atoms with Gasteiger partial charge in [-0.1, -0.05) is 46.6 Å². The molecule has 0 bridgehead atoms. The molecule has 0 fully saturated rings. The summed E-state index contributed by atoms with van der Waals surface area (Å²) in [5.41, 5.74) is 7.02. The summed E-state index contributed by atoms with van der Waals surface area (Å²) in [6, 6.07) is 13.6. The Kier molecular flexibility index (Phi) is 5.46. The molecule has 20 heavy (non-hydrogen) atoms. The second-order valence-electron chi connectivity index (χ2n) is 4.69. The first-order valence-corrected chi connectivity index (χ1v) is 7.73. The minimum Gasteiger partial charge on any atom is -0.457 e. The summed E-state index contributed by atoms with van der Waals surface area (Å²) >= 11 is 9.70. The molecule has 0 aliphatic heterocycles. The highest BCUT2D eigenvalue weighted by atomic mass is 79.9. The van der Waals surface area contributed by atoms with Crippen molar-refractivity contribution in [3.8, 4) is 11.5 Å². The number of halogens is 2. The molecule has 2 nitrogen and oxygen atoms in total. The maximum atomic E-state index is 6.28. The zero-order valence-electron chi connectivity index (χ0n) is 11.3. The molecule has 2 N–H and O–H groups in total. The van der Waals surface area contributed by atoms with Crippen molar-refractivity contribution in [1.29, 1.82) is 0 Å². The van der Waals surface area contributed by atoms with E-state index in [9.17, 15) is 0 Å². The van der Waals surface area contributed by atoms with E-state index < -0.39 is 0 Å². The Morgan fingerprint density at radius 3 is 2.60 bits per heavy atom. The third kappa shape index (κ3) is 4.23. The standard InChI is InChI=1S/C16H17BrClNO/c1-2-13(19)8-11-6-7-15(10-16(11)18)20-14-5-3-4-12(17)9-14/h3-7,9-10,13H,2,8,19H2,1H3.